The highest BCUT2D eigenvalue weighted by Crippen LogP contribution is 2.43. The van der Waals surface area contributed by atoms with Gasteiger partial charge >= 0.3 is 0 Å². The van der Waals surface area contributed by atoms with Crippen LogP contribution in [0.3, 0.4) is 0 Å². The summed E-state index contributed by atoms with van der Waals surface area (Å²) in [7, 11) is 0. The molecule has 28 heavy (non-hydrogen) atoms. The summed E-state index contributed by atoms with van der Waals surface area (Å²) < 4.78 is 0. The molecule has 130 valence electrons. The van der Waals surface area contributed by atoms with Gasteiger partial charge in [-0.25, -0.2) is 0 Å². The van der Waals surface area contributed by atoms with Gasteiger partial charge < -0.3 is 4.98 Å². The van der Waals surface area contributed by atoms with Gasteiger partial charge in [-0.15, -0.1) is 0 Å². The molecule has 0 amide bonds. The molecule has 0 atom stereocenters. The second-order valence-corrected chi connectivity index (χ2v) is 7.89. The molecule has 1 N–H and O–H groups in total. The molecule has 0 fully saturated rings. The van der Waals surface area contributed by atoms with Crippen LogP contribution in [0.4, 0.5) is 0 Å². The van der Waals surface area contributed by atoms with Gasteiger partial charge in [0.25, 0.3) is 0 Å². The molecule has 0 saturated carbocycles. The Balaban J connectivity index is 1.65. The van der Waals surface area contributed by atoms with E-state index in [1.807, 2.05) is 0 Å². The third-order valence-corrected chi connectivity index (χ3v) is 6.38. The number of H-pyrrole nitrogens is 1. The van der Waals surface area contributed by atoms with Crippen LogP contribution in [0.2, 0.25) is 0 Å². The Morgan fingerprint density at radius 2 is 1.36 bits per heavy atom. The van der Waals surface area contributed by atoms with E-state index in [4.69, 9.17) is 0 Å². The number of nitrogens with one attached hydrogen (secondary N) is 1. The van der Waals surface area contributed by atoms with Crippen LogP contribution in [0.25, 0.3) is 54.5 Å². The van der Waals surface area contributed by atoms with E-state index in [0.717, 1.165) is 6.42 Å². The van der Waals surface area contributed by atoms with Crippen molar-refractivity contribution in [1.29, 1.82) is 0 Å². The van der Waals surface area contributed by atoms with Crippen LogP contribution >= 0.6 is 0 Å². The minimum Gasteiger partial charge on any atom is -0.354 e. The first kappa shape index (κ1) is 14.5. The fourth-order valence-electron chi connectivity index (χ4n) is 5.13. The number of aromatic amines is 1. The molecule has 0 radical (unpaired) electrons. The molecular weight excluding hydrogens is 338 g/mol. The molecule has 0 unspecified atom stereocenters. The average Bonchev–Trinajstić information content (AvgIpc) is 3.30. The lowest BCUT2D eigenvalue weighted by molar-refractivity contribution is 1.27. The van der Waals surface area contributed by atoms with Crippen LogP contribution in [-0.4, -0.2) is 4.98 Å². The summed E-state index contributed by atoms with van der Waals surface area (Å²) in [5, 5.41) is 7.95. The van der Waals surface area contributed by atoms with Gasteiger partial charge in [0, 0.05) is 21.8 Å². The molecule has 1 aliphatic carbocycles. The lowest BCUT2D eigenvalue weighted by Gasteiger charge is -2.10. The Kier molecular flexibility index (Phi) is 2.60. The maximum Gasteiger partial charge on any atom is 0.0471 e. The minimum absolute atomic E-state index is 1.04. The van der Waals surface area contributed by atoms with Gasteiger partial charge in [-0.05, 0) is 74.5 Å². The molecular formula is C27H17N. The predicted octanol–water partition coefficient (Wildman–Crippen LogP) is 7.20. The summed E-state index contributed by atoms with van der Waals surface area (Å²) >= 11 is 0. The maximum absolute atomic E-state index is 3.57. The fourth-order valence-corrected chi connectivity index (χ4v) is 5.13. The SMILES string of the molecule is c1ccc2c(c1)Cc1ccc3cc4c(ccc5[nH]c6ccccc6c54)cc3c1-2. The first-order valence-electron chi connectivity index (χ1n) is 9.84. The van der Waals surface area contributed by atoms with Gasteiger partial charge in [-0.1, -0.05) is 60.7 Å². The van der Waals surface area contributed by atoms with Crippen LogP contribution in [0.1, 0.15) is 11.1 Å². The quantitative estimate of drug-likeness (QED) is 0.277. The van der Waals surface area contributed by atoms with Crippen molar-refractivity contribution in [3.8, 4) is 11.1 Å². The van der Waals surface area contributed by atoms with Gasteiger partial charge in [-0.2, -0.15) is 0 Å². The molecule has 1 nitrogen and oxygen atoms in total. The predicted molar refractivity (Wildman–Crippen MR) is 119 cm³/mol. The molecule has 0 bridgehead atoms. The number of aromatic nitrogens is 1. The number of benzene rings is 5. The van der Waals surface area contributed by atoms with Crippen molar-refractivity contribution in [1.82, 2.24) is 4.98 Å². The topological polar surface area (TPSA) is 15.8 Å². The van der Waals surface area contributed by atoms with Crippen LogP contribution < -0.4 is 0 Å². The van der Waals surface area contributed by atoms with Gasteiger partial charge in [0.05, 0.1) is 0 Å². The van der Waals surface area contributed by atoms with E-state index in [-0.39, 0.29) is 0 Å². The Morgan fingerprint density at radius 1 is 0.571 bits per heavy atom. The normalized spacial score (nSPS) is 12.9. The first-order valence-corrected chi connectivity index (χ1v) is 9.84. The smallest absolute Gasteiger partial charge is 0.0471 e. The Hall–Kier alpha value is -3.58. The van der Waals surface area contributed by atoms with Crippen molar-refractivity contribution in [2.45, 2.75) is 6.42 Å². The van der Waals surface area contributed by atoms with Crippen molar-refractivity contribution >= 4 is 43.4 Å². The Morgan fingerprint density at radius 3 is 2.36 bits per heavy atom. The summed E-state index contributed by atoms with van der Waals surface area (Å²) in [6, 6.07) is 31.3. The molecule has 0 aliphatic heterocycles. The van der Waals surface area contributed by atoms with Crippen molar-refractivity contribution in [3.63, 3.8) is 0 Å². The molecule has 6 aromatic rings. The summed E-state index contributed by atoms with van der Waals surface area (Å²) in [6.07, 6.45) is 1.04. The molecule has 1 aliphatic rings. The second kappa shape index (κ2) is 5.02. The molecule has 0 spiro atoms. The highest BCUT2D eigenvalue weighted by atomic mass is 14.7. The maximum atomic E-state index is 3.57. The van der Waals surface area contributed by atoms with E-state index in [1.165, 1.54) is 65.6 Å². The average molecular weight is 355 g/mol. The van der Waals surface area contributed by atoms with Gasteiger partial charge in [-0.3, -0.25) is 0 Å². The summed E-state index contributed by atoms with van der Waals surface area (Å²) in [6.45, 7) is 0. The third-order valence-electron chi connectivity index (χ3n) is 6.38. The van der Waals surface area contributed by atoms with Gasteiger partial charge in [0.2, 0.25) is 0 Å². The lowest BCUT2D eigenvalue weighted by atomic mass is 9.94. The standard InChI is InChI=1S/C27H17N/c1-2-6-20-16(5-1)13-19-10-9-17-15-23-18(14-22(17)26(19)20)11-12-25-27(23)21-7-3-4-8-24(21)28-25/h1-12,14-15,28H,13H2. The number of hydrogen-bond donors (Lipinski definition) is 1. The largest absolute Gasteiger partial charge is 0.354 e. The zero-order valence-electron chi connectivity index (χ0n) is 15.3. The number of rotatable bonds is 0. The van der Waals surface area contributed by atoms with Gasteiger partial charge in [0.15, 0.2) is 0 Å². The van der Waals surface area contributed by atoms with Crippen molar-refractivity contribution in [3.05, 3.63) is 96.1 Å². The number of fused-ring (bicyclic) bond motifs is 10. The van der Waals surface area contributed by atoms with E-state index < -0.39 is 0 Å². The van der Waals surface area contributed by atoms with E-state index in [0.29, 0.717) is 0 Å². The molecule has 0 saturated heterocycles. The Labute approximate surface area is 162 Å². The van der Waals surface area contributed by atoms with Crippen molar-refractivity contribution < 1.29 is 0 Å². The molecule has 5 aromatic carbocycles. The summed E-state index contributed by atoms with van der Waals surface area (Å²) in [5.74, 6) is 0. The molecule has 1 aromatic heterocycles. The third kappa shape index (κ3) is 1.76. The zero-order valence-corrected chi connectivity index (χ0v) is 15.3. The lowest BCUT2D eigenvalue weighted by Crippen LogP contribution is -1.84. The van der Waals surface area contributed by atoms with E-state index in [2.05, 4.69) is 89.9 Å². The van der Waals surface area contributed by atoms with Crippen LogP contribution in [0.5, 0.6) is 0 Å². The fraction of sp³-hybridized carbons (Fsp3) is 0.0370. The number of hydrogen-bond acceptors (Lipinski definition) is 0. The second-order valence-electron chi connectivity index (χ2n) is 7.89. The molecule has 1 heterocycles. The molecule has 7 rings (SSSR count). The highest BCUT2D eigenvalue weighted by molar-refractivity contribution is 6.22. The molecule has 1 heteroatoms. The summed E-state index contributed by atoms with van der Waals surface area (Å²) in [4.78, 5) is 3.57. The van der Waals surface area contributed by atoms with Gasteiger partial charge in [0.1, 0.15) is 0 Å². The van der Waals surface area contributed by atoms with Crippen molar-refractivity contribution in [2.75, 3.05) is 0 Å². The van der Waals surface area contributed by atoms with Crippen LogP contribution in [0, 0.1) is 0 Å². The highest BCUT2D eigenvalue weighted by Gasteiger charge is 2.20. The van der Waals surface area contributed by atoms with E-state index in [1.54, 1.807) is 0 Å². The van der Waals surface area contributed by atoms with Crippen LogP contribution in [-0.2, 0) is 6.42 Å². The van der Waals surface area contributed by atoms with E-state index in [9.17, 15) is 0 Å². The van der Waals surface area contributed by atoms with Crippen molar-refractivity contribution in [2.24, 2.45) is 0 Å². The summed E-state index contributed by atoms with van der Waals surface area (Å²) in [5.41, 5.74) is 8.12. The van der Waals surface area contributed by atoms with E-state index >= 15 is 0 Å². The monoisotopic (exact) mass is 355 g/mol. The number of para-hydroxylation sites is 1. The first-order chi connectivity index (χ1) is 13.9. The zero-order chi connectivity index (χ0) is 18.2. The Bertz CT molecular complexity index is 1580. The van der Waals surface area contributed by atoms with Crippen LogP contribution in [0.15, 0.2) is 84.9 Å². The minimum atomic E-state index is 1.04.